The van der Waals surface area contributed by atoms with E-state index in [1.807, 2.05) is 0 Å². The average molecular weight is 627 g/mol. The van der Waals surface area contributed by atoms with Crippen LogP contribution in [0.15, 0.2) is 62.5 Å². The SMILES string of the molecule is O.O=S(=O)(O)c1ccc(C2=C3C=C4CCCN5CCCC(=C45)C3Oc3c2cc2c4c3CCCN4CCC2)c(S(=O)(=O)O)c1. The minimum atomic E-state index is -4.88. The summed E-state index contributed by atoms with van der Waals surface area (Å²) in [6.07, 6.45) is 9.30. The molecule has 8 rings (SSSR count). The molecule has 0 radical (unpaired) electrons. The first-order valence-electron chi connectivity index (χ1n) is 14.7. The molecule has 0 spiro atoms. The monoisotopic (exact) mass is 626 g/mol. The fourth-order valence-electron chi connectivity index (χ4n) is 8.10. The average Bonchev–Trinajstić information content (AvgIpc) is 2.96. The van der Waals surface area contributed by atoms with E-state index in [2.05, 4.69) is 21.9 Å². The number of piperidine rings is 1. The fraction of sp³-hybridized carbons (Fsp3) is 0.419. The van der Waals surface area contributed by atoms with Crippen molar-refractivity contribution in [2.24, 2.45) is 0 Å². The van der Waals surface area contributed by atoms with Gasteiger partial charge in [0.1, 0.15) is 16.7 Å². The van der Waals surface area contributed by atoms with Crippen molar-refractivity contribution in [1.82, 2.24) is 4.90 Å². The molecule has 0 saturated carbocycles. The summed E-state index contributed by atoms with van der Waals surface area (Å²) in [7, 11) is -9.59. The predicted molar refractivity (Wildman–Crippen MR) is 161 cm³/mol. The first-order valence-corrected chi connectivity index (χ1v) is 17.6. The Balaban J connectivity index is 0.00000300. The Morgan fingerprint density at radius 1 is 0.791 bits per heavy atom. The Bertz CT molecular complexity index is 1890. The molecule has 1 saturated heterocycles. The van der Waals surface area contributed by atoms with Crippen molar-refractivity contribution in [3.8, 4) is 5.75 Å². The molecule has 6 aliphatic rings. The van der Waals surface area contributed by atoms with Crippen LogP contribution in [0.25, 0.3) is 5.57 Å². The zero-order valence-corrected chi connectivity index (χ0v) is 25.2. The van der Waals surface area contributed by atoms with Gasteiger partial charge in [-0.15, -0.1) is 0 Å². The minimum absolute atomic E-state index is 0. The molecular weight excluding hydrogens is 592 g/mol. The van der Waals surface area contributed by atoms with Gasteiger partial charge in [0.05, 0.1) is 4.90 Å². The minimum Gasteiger partial charge on any atom is -0.480 e. The van der Waals surface area contributed by atoms with Crippen LogP contribution in [0.3, 0.4) is 0 Å². The summed E-state index contributed by atoms with van der Waals surface area (Å²) in [5.41, 5.74) is 9.69. The van der Waals surface area contributed by atoms with Gasteiger partial charge in [0.15, 0.2) is 0 Å². The normalized spacial score (nSPS) is 22.5. The Morgan fingerprint density at radius 2 is 1.49 bits per heavy atom. The van der Waals surface area contributed by atoms with Gasteiger partial charge in [-0.1, -0.05) is 6.07 Å². The van der Waals surface area contributed by atoms with Gasteiger partial charge in [0.2, 0.25) is 0 Å². The van der Waals surface area contributed by atoms with Crippen molar-refractivity contribution in [3.05, 3.63) is 75.0 Å². The van der Waals surface area contributed by atoms with Crippen LogP contribution in [0.5, 0.6) is 5.75 Å². The Kier molecular flexibility index (Phi) is 6.60. The van der Waals surface area contributed by atoms with Crippen LogP contribution in [0.4, 0.5) is 5.69 Å². The van der Waals surface area contributed by atoms with E-state index in [0.717, 1.165) is 106 Å². The molecule has 1 atom stereocenters. The zero-order chi connectivity index (χ0) is 29.0. The molecule has 1 aliphatic carbocycles. The molecule has 2 aromatic carbocycles. The number of aryl methyl sites for hydroxylation is 1. The lowest BCUT2D eigenvalue weighted by Gasteiger charge is -2.46. The molecule has 2 aromatic rings. The van der Waals surface area contributed by atoms with Crippen molar-refractivity contribution >= 4 is 31.5 Å². The van der Waals surface area contributed by atoms with Crippen molar-refractivity contribution < 1.29 is 36.2 Å². The first-order chi connectivity index (χ1) is 20.1. The van der Waals surface area contributed by atoms with Crippen molar-refractivity contribution in [1.29, 1.82) is 0 Å². The number of nitrogens with zero attached hydrogens (tertiary/aromatic N) is 2. The van der Waals surface area contributed by atoms with E-state index in [1.165, 1.54) is 40.2 Å². The lowest BCUT2D eigenvalue weighted by molar-refractivity contribution is 0.225. The smallest absolute Gasteiger partial charge is 0.295 e. The van der Waals surface area contributed by atoms with Crippen LogP contribution < -0.4 is 9.64 Å². The second-order valence-corrected chi connectivity index (χ2v) is 14.9. The standard InChI is InChI=1S/C31H32N2O7S2.H2O/c34-41(35,36)20-9-10-21(26(17-20)42(37,38)39)27-24-15-18-5-1-11-32-13-3-7-22(28(18)32)30(24)40-31-23-8-4-14-33-12-2-6-19(29(23)33)16-25(27)31;/h9-10,15-17,30H,1-8,11-14H2,(H,34,35,36)(H,37,38,39);1H2. The van der Waals surface area contributed by atoms with E-state index < -0.39 is 36.1 Å². The van der Waals surface area contributed by atoms with E-state index in [0.29, 0.717) is 5.57 Å². The van der Waals surface area contributed by atoms with Crippen LogP contribution in [-0.2, 0) is 33.1 Å². The van der Waals surface area contributed by atoms with E-state index in [1.54, 1.807) is 0 Å². The van der Waals surface area contributed by atoms with Gasteiger partial charge in [-0.25, -0.2) is 0 Å². The van der Waals surface area contributed by atoms with Gasteiger partial charge < -0.3 is 20.0 Å². The summed E-state index contributed by atoms with van der Waals surface area (Å²) < 4.78 is 76.9. The summed E-state index contributed by atoms with van der Waals surface area (Å²) in [6.45, 7) is 4.00. The zero-order valence-electron chi connectivity index (χ0n) is 23.6. The summed E-state index contributed by atoms with van der Waals surface area (Å²) in [5, 5.41) is 0. The number of ether oxygens (including phenoxy) is 1. The summed E-state index contributed by atoms with van der Waals surface area (Å²) >= 11 is 0. The highest BCUT2D eigenvalue weighted by atomic mass is 32.2. The third-order valence-corrected chi connectivity index (χ3v) is 11.4. The van der Waals surface area contributed by atoms with Gasteiger partial charge in [-0.05, 0) is 92.4 Å². The van der Waals surface area contributed by atoms with E-state index in [4.69, 9.17) is 4.74 Å². The lowest BCUT2D eigenvalue weighted by Crippen LogP contribution is -2.42. The molecule has 12 heteroatoms. The first kappa shape index (κ1) is 28.6. The maximum atomic E-state index is 12.8. The number of anilines is 1. The summed E-state index contributed by atoms with van der Waals surface area (Å²) in [5.74, 6) is 0.752. The number of allylic oxidation sites excluding steroid dienone is 1. The number of hydrogen-bond acceptors (Lipinski definition) is 7. The number of rotatable bonds is 3. The van der Waals surface area contributed by atoms with Crippen LogP contribution >= 0.6 is 0 Å². The molecule has 10 nitrogen and oxygen atoms in total. The number of hydrogen-bond donors (Lipinski definition) is 2. The highest BCUT2D eigenvalue weighted by molar-refractivity contribution is 7.86. The van der Waals surface area contributed by atoms with Gasteiger partial charge in [-0.3, -0.25) is 9.11 Å². The highest BCUT2D eigenvalue weighted by Gasteiger charge is 2.43. The second kappa shape index (κ2) is 9.93. The largest absolute Gasteiger partial charge is 0.480 e. The van der Waals surface area contributed by atoms with Crippen molar-refractivity contribution in [2.75, 3.05) is 31.1 Å². The van der Waals surface area contributed by atoms with Gasteiger partial charge in [0.25, 0.3) is 20.2 Å². The molecule has 5 aliphatic heterocycles. The molecular formula is C31H34N2O8S2. The van der Waals surface area contributed by atoms with E-state index >= 15 is 0 Å². The highest BCUT2D eigenvalue weighted by Crippen LogP contribution is 2.54. The van der Waals surface area contributed by atoms with Crippen molar-refractivity contribution in [3.63, 3.8) is 0 Å². The van der Waals surface area contributed by atoms with Crippen LogP contribution in [-0.4, -0.2) is 68.6 Å². The van der Waals surface area contributed by atoms with E-state index in [-0.39, 0.29) is 11.0 Å². The molecule has 228 valence electrons. The summed E-state index contributed by atoms with van der Waals surface area (Å²) in [6, 6.07) is 5.57. The number of benzene rings is 2. The van der Waals surface area contributed by atoms with Crippen LogP contribution in [0, 0.1) is 0 Å². The van der Waals surface area contributed by atoms with Crippen molar-refractivity contribution in [2.45, 2.75) is 67.3 Å². The predicted octanol–water partition coefficient (Wildman–Crippen LogP) is 3.70. The molecule has 0 bridgehead atoms. The molecule has 5 heterocycles. The summed E-state index contributed by atoms with van der Waals surface area (Å²) in [4.78, 5) is 3.75. The second-order valence-electron chi connectivity index (χ2n) is 12.1. The molecule has 4 N–H and O–H groups in total. The topological polar surface area (TPSA) is 156 Å². The Labute approximate surface area is 251 Å². The van der Waals surface area contributed by atoms with Gasteiger partial charge >= 0.3 is 0 Å². The molecule has 1 unspecified atom stereocenters. The van der Waals surface area contributed by atoms with Gasteiger partial charge in [0, 0.05) is 65.4 Å². The molecule has 0 aromatic heterocycles. The maximum Gasteiger partial charge on any atom is 0.295 e. The third kappa shape index (κ3) is 4.37. The molecule has 43 heavy (non-hydrogen) atoms. The Morgan fingerprint density at radius 3 is 2.23 bits per heavy atom. The van der Waals surface area contributed by atoms with Crippen LogP contribution in [0.2, 0.25) is 0 Å². The fourth-order valence-corrected chi connectivity index (χ4v) is 9.40. The Hall–Kier alpha value is -3.16. The third-order valence-electron chi connectivity index (χ3n) is 9.67. The number of fused-ring (bicyclic) bond motifs is 4. The quantitative estimate of drug-likeness (QED) is 0.485. The maximum absolute atomic E-state index is 12.8. The lowest BCUT2D eigenvalue weighted by atomic mass is 9.75. The van der Waals surface area contributed by atoms with Gasteiger partial charge in [-0.2, -0.15) is 16.8 Å². The molecule has 1 fully saturated rings. The van der Waals surface area contributed by atoms with Crippen LogP contribution in [0.1, 0.15) is 60.8 Å². The molecule has 0 amide bonds. The van der Waals surface area contributed by atoms with E-state index in [9.17, 15) is 25.9 Å².